The molecule has 0 bridgehead atoms. The number of hydrogen-bond donors (Lipinski definition) is 0. The Bertz CT molecular complexity index is 1220. The van der Waals surface area contributed by atoms with Crippen LogP contribution in [0.2, 0.25) is 0 Å². The molecule has 0 unspecified atom stereocenters. The van der Waals surface area contributed by atoms with Crippen LogP contribution in [0.5, 0.6) is 11.5 Å². The van der Waals surface area contributed by atoms with E-state index in [-0.39, 0.29) is 17.4 Å². The monoisotopic (exact) mass is 485 g/mol. The fraction of sp³-hybridized carbons (Fsp3) is 0.208. The summed E-state index contributed by atoms with van der Waals surface area (Å²) >= 11 is 1.36. The molecule has 2 heterocycles. The lowest BCUT2D eigenvalue weighted by atomic mass is 10.2. The van der Waals surface area contributed by atoms with Gasteiger partial charge in [-0.05, 0) is 61.9 Å². The molecule has 1 aliphatic heterocycles. The molecule has 0 saturated carbocycles. The molecule has 1 aliphatic rings. The SMILES string of the molecule is COc1ccc(/C=C2\N=C(SCc3c(C)noc3C)N(c3ccc(OC(F)F)cc3)C2=O)cc1. The Balaban J connectivity index is 1.65. The first-order valence-corrected chi connectivity index (χ1v) is 11.2. The average molecular weight is 486 g/mol. The fourth-order valence-corrected chi connectivity index (χ4v) is 4.47. The number of carbonyl (C=O) groups excluding carboxylic acids is 1. The van der Waals surface area contributed by atoms with Crippen molar-refractivity contribution in [2.75, 3.05) is 12.0 Å². The van der Waals surface area contributed by atoms with E-state index in [9.17, 15) is 13.6 Å². The van der Waals surface area contributed by atoms with E-state index in [1.165, 1.54) is 40.9 Å². The molecule has 0 radical (unpaired) electrons. The Labute approximate surface area is 199 Å². The number of ether oxygens (including phenoxy) is 2. The molecule has 7 nitrogen and oxygen atoms in total. The number of aryl methyl sites for hydroxylation is 2. The lowest BCUT2D eigenvalue weighted by molar-refractivity contribution is -0.113. The van der Waals surface area contributed by atoms with Crippen molar-refractivity contribution >= 4 is 34.6 Å². The minimum Gasteiger partial charge on any atom is -0.497 e. The molecule has 0 N–H and O–H groups in total. The first-order valence-electron chi connectivity index (χ1n) is 10.2. The summed E-state index contributed by atoms with van der Waals surface area (Å²) in [6.45, 7) is 0.746. The summed E-state index contributed by atoms with van der Waals surface area (Å²) in [5.41, 5.74) is 3.21. The van der Waals surface area contributed by atoms with E-state index in [0.29, 0.717) is 28.1 Å². The molecule has 2 aromatic carbocycles. The van der Waals surface area contributed by atoms with Crippen LogP contribution < -0.4 is 14.4 Å². The van der Waals surface area contributed by atoms with Crippen LogP contribution in [0.25, 0.3) is 6.08 Å². The van der Waals surface area contributed by atoms with E-state index in [0.717, 1.165) is 16.8 Å². The molecule has 0 atom stereocenters. The van der Waals surface area contributed by atoms with Gasteiger partial charge in [0, 0.05) is 11.3 Å². The van der Waals surface area contributed by atoms with E-state index < -0.39 is 6.61 Å². The molecular formula is C24H21F2N3O4S. The number of nitrogens with zero attached hydrogens (tertiary/aromatic N) is 3. The second-order valence-electron chi connectivity index (χ2n) is 7.30. The largest absolute Gasteiger partial charge is 0.497 e. The van der Waals surface area contributed by atoms with Crippen molar-refractivity contribution in [3.05, 3.63) is 76.8 Å². The van der Waals surface area contributed by atoms with Crippen LogP contribution in [-0.2, 0) is 10.5 Å². The standard InChI is InChI=1S/C24H21F2N3O4S/c1-14-20(15(2)33-28-14)13-34-24-27-21(12-16-4-8-18(31-3)9-5-16)22(30)29(24)17-6-10-19(11-7-17)32-23(25)26/h4-12,23H,13H2,1-3H3/b21-12-. The molecule has 10 heteroatoms. The number of anilines is 1. The fourth-order valence-electron chi connectivity index (χ4n) is 3.30. The van der Waals surface area contributed by atoms with Crippen molar-refractivity contribution in [1.82, 2.24) is 5.16 Å². The van der Waals surface area contributed by atoms with Crippen molar-refractivity contribution in [2.24, 2.45) is 4.99 Å². The molecule has 34 heavy (non-hydrogen) atoms. The molecule has 4 rings (SSSR count). The van der Waals surface area contributed by atoms with Crippen molar-refractivity contribution < 1.29 is 27.6 Å². The van der Waals surface area contributed by atoms with Gasteiger partial charge in [0.05, 0.1) is 18.5 Å². The minimum absolute atomic E-state index is 0.00116. The third-order valence-corrected chi connectivity index (χ3v) is 6.06. The average Bonchev–Trinajstić information content (AvgIpc) is 3.31. The highest BCUT2D eigenvalue weighted by Crippen LogP contribution is 2.33. The first-order chi connectivity index (χ1) is 16.4. The van der Waals surface area contributed by atoms with Crippen LogP contribution in [0.1, 0.15) is 22.6 Å². The number of methoxy groups -OCH3 is 1. The summed E-state index contributed by atoms with van der Waals surface area (Å²) in [5.74, 6) is 1.56. The summed E-state index contributed by atoms with van der Waals surface area (Å²) in [5, 5.41) is 4.42. The van der Waals surface area contributed by atoms with Gasteiger partial charge in [0.1, 0.15) is 23.0 Å². The Morgan fingerprint density at radius 2 is 1.76 bits per heavy atom. The van der Waals surface area contributed by atoms with Crippen molar-refractivity contribution in [2.45, 2.75) is 26.2 Å². The van der Waals surface area contributed by atoms with Crippen LogP contribution in [0.3, 0.4) is 0 Å². The summed E-state index contributed by atoms with van der Waals surface area (Å²) in [7, 11) is 1.58. The number of amidine groups is 1. The van der Waals surface area contributed by atoms with Crippen molar-refractivity contribution in [3.63, 3.8) is 0 Å². The smallest absolute Gasteiger partial charge is 0.387 e. The molecule has 3 aromatic rings. The van der Waals surface area contributed by atoms with Gasteiger partial charge in [0.15, 0.2) is 5.17 Å². The molecule has 1 amide bonds. The van der Waals surface area contributed by atoms with Gasteiger partial charge < -0.3 is 14.0 Å². The molecule has 0 spiro atoms. The van der Waals surface area contributed by atoms with Gasteiger partial charge in [-0.3, -0.25) is 9.69 Å². The van der Waals surface area contributed by atoms with E-state index in [2.05, 4.69) is 14.9 Å². The van der Waals surface area contributed by atoms with Crippen molar-refractivity contribution in [1.29, 1.82) is 0 Å². The maximum absolute atomic E-state index is 13.3. The number of amides is 1. The van der Waals surface area contributed by atoms with Gasteiger partial charge in [-0.15, -0.1) is 0 Å². The summed E-state index contributed by atoms with van der Waals surface area (Å²) in [4.78, 5) is 19.4. The zero-order chi connectivity index (χ0) is 24.2. The molecule has 0 saturated heterocycles. The number of aliphatic imine (C=N–C) groups is 1. The number of hydrogen-bond acceptors (Lipinski definition) is 7. The molecule has 0 aliphatic carbocycles. The van der Waals surface area contributed by atoms with Gasteiger partial charge in [-0.25, -0.2) is 4.99 Å². The normalized spacial score (nSPS) is 14.8. The highest BCUT2D eigenvalue weighted by atomic mass is 32.2. The highest BCUT2D eigenvalue weighted by molar-refractivity contribution is 8.13. The predicted molar refractivity (Wildman–Crippen MR) is 126 cm³/mol. The van der Waals surface area contributed by atoms with Gasteiger partial charge in [0.2, 0.25) is 0 Å². The number of aromatic nitrogens is 1. The Morgan fingerprint density at radius 3 is 2.35 bits per heavy atom. The predicted octanol–water partition coefficient (Wildman–Crippen LogP) is 5.58. The van der Waals surface area contributed by atoms with Crippen molar-refractivity contribution in [3.8, 4) is 11.5 Å². The third-order valence-electron chi connectivity index (χ3n) is 5.10. The summed E-state index contributed by atoms with van der Waals surface area (Å²) in [6, 6.07) is 13.1. The van der Waals surface area contributed by atoms with E-state index in [4.69, 9.17) is 9.26 Å². The lowest BCUT2D eigenvalue weighted by Gasteiger charge is -2.18. The summed E-state index contributed by atoms with van der Waals surface area (Å²) < 4.78 is 39.8. The van der Waals surface area contributed by atoms with Gasteiger partial charge in [0.25, 0.3) is 5.91 Å². The van der Waals surface area contributed by atoms with Gasteiger partial charge in [-0.2, -0.15) is 8.78 Å². The Kier molecular flexibility index (Phi) is 6.97. The number of benzene rings is 2. The van der Waals surface area contributed by atoms with Crippen LogP contribution in [0.15, 0.2) is 63.7 Å². The Morgan fingerprint density at radius 1 is 1.09 bits per heavy atom. The Hall–Kier alpha value is -3.66. The topological polar surface area (TPSA) is 77.2 Å². The summed E-state index contributed by atoms with van der Waals surface area (Å²) in [6.07, 6.45) is 1.69. The van der Waals surface area contributed by atoms with E-state index >= 15 is 0 Å². The van der Waals surface area contributed by atoms with Crippen LogP contribution in [0.4, 0.5) is 14.5 Å². The van der Waals surface area contributed by atoms with Gasteiger partial charge >= 0.3 is 6.61 Å². The third kappa shape index (κ3) is 5.12. The van der Waals surface area contributed by atoms with Crippen LogP contribution in [0, 0.1) is 13.8 Å². The molecule has 176 valence electrons. The quantitative estimate of drug-likeness (QED) is 0.407. The van der Waals surface area contributed by atoms with E-state index in [1.807, 2.05) is 26.0 Å². The zero-order valence-corrected chi connectivity index (χ0v) is 19.4. The molecule has 0 fully saturated rings. The second kappa shape index (κ2) is 10.1. The second-order valence-corrected chi connectivity index (χ2v) is 8.24. The minimum atomic E-state index is -2.93. The lowest BCUT2D eigenvalue weighted by Crippen LogP contribution is -2.30. The molecule has 1 aromatic heterocycles. The first kappa shape index (κ1) is 23.5. The number of carbonyl (C=O) groups is 1. The highest BCUT2D eigenvalue weighted by Gasteiger charge is 2.32. The van der Waals surface area contributed by atoms with Crippen LogP contribution in [-0.4, -0.2) is 30.0 Å². The van der Waals surface area contributed by atoms with Gasteiger partial charge in [-0.1, -0.05) is 29.1 Å². The number of thioether (sulfide) groups is 1. The van der Waals surface area contributed by atoms with Crippen LogP contribution >= 0.6 is 11.8 Å². The number of rotatable bonds is 7. The maximum atomic E-state index is 13.3. The number of alkyl halides is 2. The number of halogens is 2. The maximum Gasteiger partial charge on any atom is 0.387 e. The molecular weight excluding hydrogens is 464 g/mol. The van der Waals surface area contributed by atoms with E-state index in [1.54, 1.807) is 25.3 Å². The zero-order valence-electron chi connectivity index (χ0n) is 18.6.